The van der Waals surface area contributed by atoms with Crippen LogP contribution in [0.25, 0.3) is 33.5 Å². The quantitative estimate of drug-likeness (QED) is 0.283. The summed E-state index contributed by atoms with van der Waals surface area (Å²) in [6, 6.07) is 15.7. The van der Waals surface area contributed by atoms with Gasteiger partial charge in [0.15, 0.2) is 5.76 Å². The highest BCUT2D eigenvalue weighted by Crippen LogP contribution is 2.40. The topological polar surface area (TPSA) is 43.1 Å². The summed E-state index contributed by atoms with van der Waals surface area (Å²) in [6.45, 7) is 9.65. The van der Waals surface area contributed by atoms with E-state index in [9.17, 15) is 4.79 Å². The Kier molecular flexibility index (Phi) is 5.91. The number of furan rings is 1. The number of hydrogen-bond acceptors (Lipinski definition) is 3. The number of carbonyl (C=O) groups excluding carboxylic acids is 1. The molecule has 0 aliphatic heterocycles. The zero-order valence-electron chi connectivity index (χ0n) is 18.8. The molecule has 0 unspecified atom stereocenters. The molecule has 0 spiro atoms. The number of ketones is 1. The van der Waals surface area contributed by atoms with Crippen molar-refractivity contribution >= 4 is 40.1 Å². The maximum absolute atomic E-state index is 13.0. The van der Waals surface area contributed by atoms with Crippen molar-refractivity contribution in [2.75, 3.05) is 0 Å². The molecule has 0 N–H and O–H groups in total. The van der Waals surface area contributed by atoms with Crippen LogP contribution in [0.2, 0.25) is 10.0 Å². The summed E-state index contributed by atoms with van der Waals surface area (Å²) in [7, 11) is 0. The number of benzene rings is 2. The normalized spacial score (nSPS) is 11.8. The largest absolute Gasteiger partial charge is 0.434 e. The van der Waals surface area contributed by atoms with Crippen LogP contribution in [0.5, 0.6) is 0 Å². The van der Waals surface area contributed by atoms with Gasteiger partial charge in [-0.15, -0.1) is 0 Å². The van der Waals surface area contributed by atoms with Crippen molar-refractivity contribution in [3.8, 4) is 22.4 Å². The predicted molar refractivity (Wildman–Crippen MR) is 133 cm³/mol. The molecule has 2 aromatic heterocycles. The molecule has 32 heavy (non-hydrogen) atoms. The summed E-state index contributed by atoms with van der Waals surface area (Å²) in [4.78, 5) is 17.8. The molecule has 5 heteroatoms. The molecule has 0 fully saturated rings. The van der Waals surface area contributed by atoms with E-state index >= 15 is 0 Å². The van der Waals surface area contributed by atoms with Gasteiger partial charge in [-0.25, -0.2) is 4.98 Å². The van der Waals surface area contributed by atoms with E-state index < -0.39 is 5.41 Å². The van der Waals surface area contributed by atoms with Crippen molar-refractivity contribution in [1.82, 2.24) is 4.98 Å². The summed E-state index contributed by atoms with van der Waals surface area (Å²) in [5.41, 5.74) is 5.20. The molecule has 2 aromatic carbocycles. The van der Waals surface area contributed by atoms with Gasteiger partial charge in [0, 0.05) is 32.5 Å². The van der Waals surface area contributed by atoms with Gasteiger partial charge in [0.05, 0.1) is 10.7 Å². The van der Waals surface area contributed by atoms with Crippen molar-refractivity contribution in [1.29, 1.82) is 0 Å². The molecule has 0 saturated carbocycles. The monoisotopic (exact) mass is 465 g/mol. The predicted octanol–water partition coefficient (Wildman–Crippen LogP) is 8.57. The van der Waals surface area contributed by atoms with Crippen LogP contribution in [0.1, 0.15) is 49.4 Å². The molecular weight excluding hydrogens is 441 g/mol. The third kappa shape index (κ3) is 4.07. The van der Waals surface area contributed by atoms with Crippen LogP contribution in [0.4, 0.5) is 0 Å². The van der Waals surface area contributed by atoms with E-state index in [1.807, 2.05) is 70.2 Å². The summed E-state index contributed by atoms with van der Waals surface area (Å²) >= 11 is 12.8. The van der Waals surface area contributed by atoms with E-state index in [0.717, 1.165) is 39.6 Å². The molecule has 0 atom stereocenters. The van der Waals surface area contributed by atoms with Gasteiger partial charge >= 0.3 is 0 Å². The third-order valence-electron chi connectivity index (χ3n) is 5.67. The van der Waals surface area contributed by atoms with Crippen molar-refractivity contribution in [3.05, 3.63) is 75.5 Å². The first-order valence-electron chi connectivity index (χ1n) is 10.6. The number of fused-ring (bicyclic) bond motifs is 1. The van der Waals surface area contributed by atoms with E-state index in [-0.39, 0.29) is 5.78 Å². The fraction of sp³-hybridized carbons (Fsp3) is 0.259. The molecule has 3 nitrogen and oxygen atoms in total. The highest BCUT2D eigenvalue weighted by Gasteiger charge is 2.29. The highest BCUT2D eigenvalue weighted by atomic mass is 35.5. The summed E-state index contributed by atoms with van der Waals surface area (Å²) in [6.07, 6.45) is 0.895. The summed E-state index contributed by atoms with van der Waals surface area (Å²) in [5.74, 6) is 0.305. The number of carbonyl (C=O) groups is 1. The van der Waals surface area contributed by atoms with Gasteiger partial charge in [-0.1, -0.05) is 75.2 Å². The fourth-order valence-electron chi connectivity index (χ4n) is 3.72. The van der Waals surface area contributed by atoms with E-state index in [1.54, 1.807) is 0 Å². The Morgan fingerprint density at radius 1 is 1.00 bits per heavy atom. The highest BCUT2D eigenvalue weighted by molar-refractivity contribution is 6.33. The Hall–Kier alpha value is -2.62. The van der Waals surface area contributed by atoms with Crippen LogP contribution in [0, 0.1) is 12.3 Å². The van der Waals surface area contributed by atoms with Crippen molar-refractivity contribution in [3.63, 3.8) is 0 Å². The molecule has 0 saturated heterocycles. The zero-order valence-corrected chi connectivity index (χ0v) is 20.4. The lowest BCUT2D eigenvalue weighted by molar-refractivity contribution is 0.0829. The standard InChI is InChI=1S/C27H25Cl2NO2/c1-6-16-7-12-19(22(29)13-16)23-21(17-8-10-18(28)11-9-17)14-20-15(2)24(32-26(20)30-23)25(31)27(3,4)5/h7-14H,6H2,1-5H3. The second kappa shape index (κ2) is 8.38. The van der Waals surface area contributed by atoms with Gasteiger partial charge in [0.2, 0.25) is 11.5 Å². The van der Waals surface area contributed by atoms with Crippen LogP contribution in [0.15, 0.2) is 52.9 Å². The van der Waals surface area contributed by atoms with Crippen molar-refractivity contribution < 1.29 is 9.21 Å². The summed E-state index contributed by atoms with van der Waals surface area (Å²) < 4.78 is 6.02. The second-order valence-electron chi connectivity index (χ2n) is 9.05. The molecule has 0 radical (unpaired) electrons. The first-order chi connectivity index (χ1) is 15.1. The van der Waals surface area contributed by atoms with E-state index in [2.05, 4.69) is 13.0 Å². The Morgan fingerprint density at radius 3 is 2.28 bits per heavy atom. The van der Waals surface area contributed by atoms with Gasteiger partial charge in [-0.2, -0.15) is 0 Å². The average molecular weight is 466 g/mol. The minimum atomic E-state index is -0.556. The molecule has 0 aliphatic carbocycles. The van der Waals surface area contributed by atoms with Gasteiger partial charge in [-0.3, -0.25) is 4.79 Å². The molecule has 0 amide bonds. The maximum atomic E-state index is 13.0. The van der Waals surface area contributed by atoms with Crippen LogP contribution >= 0.6 is 23.2 Å². The lowest BCUT2D eigenvalue weighted by atomic mass is 9.88. The van der Waals surface area contributed by atoms with Crippen molar-refractivity contribution in [2.45, 2.75) is 41.0 Å². The lowest BCUT2D eigenvalue weighted by Gasteiger charge is -2.14. The number of Topliss-reactive ketones (excluding diaryl/α,β-unsaturated/α-hetero) is 1. The smallest absolute Gasteiger partial charge is 0.227 e. The maximum Gasteiger partial charge on any atom is 0.227 e. The van der Waals surface area contributed by atoms with E-state index in [1.165, 1.54) is 0 Å². The van der Waals surface area contributed by atoms with Gasteiger partial charge in [0.25, 0.3) is 0 Å². The molecule has 4 aromatic rings. The number of hydrogen-bond donors (Lipinski definition) is 0. The van der Waals surface area contributed by atoms with Crippen LogP contribution in [0.3, 0.4) is 0 Å². The zero-order chi connectivity index (χ0) is 23.2. The van der Waals surface area contributed by atoms with E-state index in [0.29, 0.717) is 27.2 Å². The molecule has 4 rings (SSSR count). The minimum absolute atomic E-state index is 0.0482. The fourth-order valence-corrected chi connectivity index (χ4v) is 4.14. The first-order valence-corrected chi connectivity index (χ1v) is 11.4. The Labute approximate surface area is 198 Å². The lowest BCUT2D eigenvalue weighted by Crippen LogP contribution is -2.20. The Bertz CT molecular complexity index is 1330. The second-order valence-corrected chi connectivity index (χ2v) is 9.89. The first kappa shape index (κ1) is 22.6. The van der Waals surface area contributed by atoms with Gasteiger partial charge in [-0.05, 0) is 48.7 Å². The van der Waals surface area contributed by atoms with Crippen LogP contribution < -0.4 is 0 Å². The average Bonchev–Trinajstić information content (AvgIpc) is 3.07. The van der Waals surface area contributed by atoms with Crippen molar-refractivity contribution in [2.24, 2.45) is 5.41 Å². The van der Waals surface area contributed by atoms with Crippen LogP contribution in [-0.2, 0) is 6.42 Å². The molecular formula is C27H25Cl2NO2. The Balaban J connectivity index is 2.01. The SMILES string of the molecule is CCc1ccc(-c2nc3oc(C(=O)C(C)(C)C)c(C)c3cc2-c2ccc(Cl)cc2)c(Cl)c1. The molecule has 164 valence electrons. The molecule has 2 heterocycles. The summed E-state index contributed by atoms with van der Waals surface area (Å²) in [5, 5.41) is 2.10. The third-order valence-corrected chi connectivity index (χ3v) is 6.24. The minimum Gasteiger partial charge on any atom is -0.434 e. The number of nitrogens with zero attached hydrogens (tertiary/aromatic N) is 1. The number of aromatic nitrogens is 1. The Morgan fingerprint density at radius 2 is 1.69 bits per heavy atom. The number of rotatable bonds is 4. The van der Waals surface area contributed by atoms with E-state index in [4.69, 9.17) is 32.6 Å². The molecule has 0 bridgehead atoms. The van der Waals surface area contributed by atoms with Crippen LogP contribution in [-0.4, -0.2) is 10.8 Å². The van der Waals surface area contributed by atoms with Gasteiger partial charge < -0.3 is 4.42 Å². The van der Waals surface area contributed by atoms with Gasteiger partial charge in [0.1, 0.15) is 0 Å². The molecule has 0 aliphatic rings. The number of halogens is 2. The number of pyridine rings is 1. The number of aryl methyl sites for hydroxylation is 2.